The predicted molar refractivity (Wildman–Crippen MR) is 50.4 cm³/mol. The van der Waals surface area contributed by atoms with Crippen LogP contribution in [0.25, 0.3) is 0 Å². The van der Waals surface area contributed by atoms with E-state index in [0.717, 1.165) is 5.56 Å². The molecule has 0 amide bonds. The van der Waals surface area contributed by atoms with Crippen LogP contribution in [0.3, 0.4) is 0 Å². The van der Waals surface area contributed by atoms with E-state index in [1.807, 2.05) is 6.92 Å². The van der Waals surface area contributed by atoms with Crippen molar-refractivity contribution in [1.82, 2.24) is 0 Å². The largest absolute Gasteiger partial charge is 0.205 e. The monoisotopic (exact) mass is 206 g/mol. The molecule has 0 N–H and O–H groups in total. The molecule has 1 atom stereocenters. The second kappa shape index (κ2) is 4.11. The number of rotatable bonds is 2. The van der Waals surface area contributed by atoms with Crippen LogP contribution in [-0.4, -0.2) is 5.38 Å². The summed E-state index contributed by atoms with van der Waals surface area (Å²) >= 11 is 11.5. The van der Waals surface area contributed by atoms with Crippen molar-refractivity contribution < 1.29 is 4.39 Å². The predicted octanol–water partition coefficient (Wildman–Crippen LogP) is 3.65. The summed E-state index contributed by atoms with van der Waals surface area (Å²) in [5, 5.41) is 0.161. The molecule has 0 aliphatic heterocycles. The summed E-state index contributed by atoms with van der Waals surface area (Å²) in [5.41, 5.74) is 0.763. The number of hydrogen-bond donors (Lipinski definition) is 0. The van der Waals surface area contributed by atoms with E-state index in [2.05, 4.69) is 0 Å². The minimum absolute atomic E-state index is 0.0238. The Hall–Kier alpha value is -0.270. The van der Waals surface area contributed by atoms with E-state index >= 15 is 0 Å². The maximum absolute atomic E-state index is 12.9. The minimum atomic E-state index is -0.383. The highest BCUT2D eigenvalue weighted by molar-refractivity contribution is 6.31. The minimum Gasteiger partial charge on any atom is -0.205 e. The first-order valence-electron chi connectivity index (χ1n) is 3.68. The zero-order valence-corrected chi connectivity index (χ0v) is 8.16. The molecule has 0 fully saturated rings. The first-order valence-corrected chi connectivity index (χ1v) is 4.49. The summed E-state index contributed by atoms with van der Waals surface area (Å²) in [7, 11) is 0. The van der Waals surface area contributed by atoms with Gasteiger partial charge in [-0.05, 0) is 25.0 Å². The molecule has 66 valence electrons. The van der Waals surface area contributed by atoms with Crippen molar-refractivity contribution in [3.63, 3.8) is 0 Å². The Labute approximate surface area is 81.3 Å². The molecule has 0 aromatic heterocycles. The summed E-state index contributed by atoms with van der Waals surface area (Å²) < 4.78 is 12.9. The van der Waals surface area contributed by atoms with Gasteiger partial charge < -0.3 is 0 Å². The molecule has 0 spiro atoms. The van der Waals surface area contributed by atoms with Crippen molar-refractivity contribution in [2.24, 2.45) is 0 Å². The van der Waals surface area contributed by atoms with E-state index in [4.69, 9.17) is 23.2 Å². The normalized spacial score (nSPS) is 13.0. The molecule has 0 nitrogen and oxygen atoms in total. The Morgan fingerprint density at radius 2 is 2.17 bits per heavy atom. The van der Waals surface area contributed by atoms with Gasteiger partial charge in [0.1, 0.15) is 5.82 Å². The fraction of sp³-hybridized carbons (Fsp3) is 0.333. The number of alkyl halides is 1. The van der Waals surface area contributed by atoms with E-state index < -0.39 is 0 Å². The van der Waals surface area contributed by atoms with Crippen molar-refractivity contribution in [2.45, 2.75) is 18.7 Å². The zero-order chi connectivity index (χ0) is 9.14. The third-order valence-corrected chi connectivity index (χ3v) is 2.11. The molecule has 0 saturated carbocycles. The lowest BCUT2D eigenvalue weighted by Gasteiger charge is -2.05. The number of halogens is 3. The fourth-order valence-corrected chi connectivity index (χ4v) is 1.38. The Balaban J connectivity index is 2.92. The van der Waals surface area contributed by atoms with E-state index in [9.17, 15) is 4.39 Å². The van der Waals surface area contributed by atoms with Crippen LogP contribution >= 0.6 is 23.2 Å². The lowest BCUT2D eigenvalue weighted by atomic mass is 10.1. The van der Waals surface area contributed by atoms with Crippen molar-refractivity contribution in [3.8, 4) is 0 Å². The lowest BCUT2D eigenvalue weighted by Crippen LogP contribution is -1.98. The molecule has 0 radical (unpaired) electrons. The molecule has 1 aromatic carbocycles. The van der Waals surface area contributed by atoms with Gasteiger partial charge in [-0.1, -0.05) is 23.7 Å². The lowest BCUT2D eigenvalue weighted by molar-refractivity contribution is 0.625. The van der Waals surface area contributed by atoms with Crippen LogP contribution in [0.4, 0.5) is 4.39 Å². The van der Waals surface area contributed by atoms with E-state index in [0.29, 0.717) is 6.42 Å². The van der Waals surface area contributed by atoms with Gasteiger partial charge >= 0.3 is 0 Å². The highest BCUT2D eigenvalue weighted by Gasteiger charge is 2.07. The van der Waals surface area contributed by atoms with Gasteiger partial charge in [0.05, 0.1) is 5.02 Å². The van der Waals surface area contributed by atoms with Crippen molar-refractivity contribution >= 4 is 23.2 Å². The molecule has 1 rings (SSSR count). The van der Waals surface area contributed by atoms with Crippen LogP contribution in [0, 0.1) is 5.82 Å². The zero-order valence-electron chi connectivity index (χ0n) is 6.65. The Kier molecular flexibility index (Phi) is 3.36. The highest BCUT2D eigenvalue weighted by atomic mass is 35.5. The summed E-state index contributed by atoms with van der Waals surface area (Å²) in [6.07, 6.45) is 0.595. The fourth-order valence-electron chi connectivity index (χ4n) is 1.01. The van der Waals surface area contributed by atoms with Crippen LogP contribution < -0.4 is 0 Å². The van der Waals surface area contributed by atoms with Gasteiger partial charge in [0.25, 0.3) is 0 Å². The first kappa shape index (κ1) is 9.82. The van der Waals surface area contributed by atoms with E-state index in [1.165, 1.54) is 6.07 Å². The molecule has 0 aliphatic carbocycles. The van der Waals surface area contributed by atoms with Gasteiger partial charge in [-0.2, -0.15) is 0 Å². The van der Waals surface area contributed by atoms with Crippen LogP contribution in [0.15, 0.2) is 18.2 Å². The van der Waals surface area contributed by atoms with Crippen molar-refractivity contribution in [2.75, 3.05) is 0 Å². The van der Waals surface area contributed by atoms with Crippen molar-refractivity contribution in [3.05, 3.63) is 34.6 Å². The third-order valence-electron chi connectivity index (χ3n) is 1.53. The van der Waals surface area contributed by atoms with Crippen molar-refractivity contribution in [1.29, 1.82) is 0 Å². The molecule has 1 unspecified atom stereocenters. The van der Waals surface area contributed by atoms with Crippen LogP contribution in [-0.2, 0) is 6.42 Å². The first-order chi connectivity index (χ1) is 5.61. The molecule has 3 heteroatoms. The summed E-state index contributed by atoms with van der Waals surface area (Å²) in [6, 6.07) is 4.75. The Morgan fingerprint density at radius 1 is 1.50 bits per heavy atom. The molecular formula is C9H9Cl2F. The van der Waals surface area contributed by atoms with Gasteiger partial charge in [0, 0.05) is 5.38 Å². The number of hydrogen-bond acceptors (Lipinski definition) is 0. The molecule has 0 heterocycles. The van der Waals surface area contributed by atoms with Gasteiger partial charge in [-0.3, -0.25) is 0 Å². The SMILES string of the molecule is CC(Cl)Cc1cccc(F)c1Cl. The molecule has 12 heavy (non-hydrogen) atoms. The molecule has 0 aliphatic rings. The molecular weight excluding hydrogens is 198 g/mol. The Morgan fingerprint density at radius 3 is 2.75 bits per heavy atom. The molecule has 1 aromatic rings. The second-order valence-corrected chi connectivity index (χ2v) is 3.82. The van der Waals surface area contributed by atoms with Gasteiger partial charge in [0.15, 0.2) is 0 Å². The van der Waals surface area contributed by atoms with E-state index in [1.54, 1.807) is 12.1 Å². The summed E-state index contributed by atoms with van der Waals surface area (Å²) in [5.74, 6) is -0.383. The summed E-state index contributed by atoms with van der Waals surface area (Å²) in [4.78, 5) is 0. The highest BCUT2D eigenvalue weighted by Crippen LogP contribution is 2.21. The van der Waals surface area contributed by atoms with Gasteiger partial charge in [-0.25, -0.2) is 4.39 Å². The maximum Gasteiger partial charge on any atom is 0.142 e. The average Bonchev–Trinajstić information content (AvgIpc) is 1.98. The van der Waals surface area contributed by atoms with Crippen LogP contribution in [0.2, 0.25) is 5.02 Å². The maximum atomic E-state index is 12.9. The van der Waals surface area contributed by atoms with Gasteiger partial charge in [0.2, 0.25) is 0 Å². The van der Waals surface area contributed by atoms with Crippen LogP contribution in [0.1, 0.15) is 12.5 Å². The quantitative estimate of drug-likeness (QED) is 0.649. The summed E-state index contributed by atoms with van der Waals surface area (Å²) in [6.45, 7) is 1.85. The van der Waals surface area contributed by atoms with E-state index in [-0.39, 0.29) is 16.2 Å². The standard InChI is InChI=1S/C9H9Cl2F/c1-6(10)5-7-3-2-4-8(12)9(7)11/h2-4,6H,5H2,1H3. The topological polar surface area (TPSA) is 0 Å². The second-order valence-electron chi connectivity index (χ2n) is 2.70. The molecule has 0 bridgehead atoms. The smallest absolute Gasteiger partial charge is 0.142 e. The average molecular weight is 207 g/mol. The Bertz CT molecular complexity index is 271. The van der Waals surface area contributed by atoms with Gasteiger partial charge in [-0.15, -0.1) is 11.6 Å². The third kappa shape index (κ3) is 2.36. The number of benzene rings is 1. The molecule has 0 saturated heterocycles. The van der Waals surface area contributed by atoms with Crippen LogP contribution in [0.5, 0.6) is 0 Å².